The van der Waals surface area contributed by atoms with Crippen molar-refractivity contribution in [3.63, 3.8) is 0 Å². The van der Waals surface area contributed by atoms with Crippen LogP contribution >= 0.6 is 0 Å². The minimum absolute atomic E-state index is 0.320. The van der Waals surface area contributed by atoms with Crippen LogP contribution in [0.4, 0.5) is 0 Å². The summed E-state index contributed by atoms with van der Waals surface area (Å²) in [5.74, 6) is -0.999. The largest absolute Gasteiger partial charge is 0.464 e. The lowest BCUT2D eigenvalue weighted by atomic mass is 10.0. The third-order valence-corrected chi connectivity index (χ3v) is 1.84. The van der Waals surface area contributed by atoms with Gasteiger partial charge in [0.1, 0.15) is 12.1 Å². The van der Waals surface area contributed by atoms with Crippen LogP contribution in [0.25, 0.3) is 0 Å². The SMILES string of the molecule is CC1(NC(=O)CO)CCOC1=O. The van der Waals surface area contributed by atoms with Gasteiger partial charge < -0.3 is 15.2 Å². The molecular formula is C7H11NO4. The van der Waals surface area contributed by atoms with E-state index < -0.39 is 24.0 Å². The molecule has 0 aromatic rings. The standard InChI is InChI=1S/C7H11NO4/c1-7(8-5(10)4-9)2-3-12-6(7)11/h9H,2-4H2,1H3,(H,8,10). The molecule has 68 valence electrons. The third kappa shape index (κ3) is 1.55. The summed E-state index contributed by atoms with van der Waals surface area (Å²) in [4.78, 5) is 21.8. The van der Waals surface area contributed by atoms with Gasteiger partial charge in [-0.05, 0) is 6.92 Å². The van der Waals surface area contributed by atoms with Crippen molar-refractivity contribution in [2.75, 3.05) is 13.2 Å². The fraction of sp³-hybridized carbons (Fsp3) is 0.714. The summed E-state index contributed by atoms with van der Waals surface area (Å²) in [5, 5.41) is 10.8. The molecule has 1 saturated heterocycles. The lowest BCUT2D eigenvalue weighted by Gasteiger charge is -2.19. The summed E-state index contributed by atoms with van der Waals surface area (Å²) >= 11 is 0. The van der Waals surface area contributed by atoms with Crippen molar-refractivity contribution < 1.29 is 19.4 Å². The fourth-order valence-corrected chi connectivity index (χ4v) is 1.07. The molecule has 5 nitrogen and oxygen atoms in total. The Morgan fingerprint density at radius 1 is 1.83 bits per heavy atom. The first-order chi connectivity index (χ1) is 5.58. The number of aliphatic hydroxyl groups is 1. The lowest BCUT2D eigenvalue weighted by Crippen LogP contribution is -2.50. The quantitative estimate of drug-likeness (QED) is 0.514. The second-order valence-electron chi connectivity index (χ2n) is 2.92. The van der Waals surface area contributed by atoms with E-state index in [0.717, 1.165) is 0 Å². The second kappa shape index (κ2) is 3.10. The number of carbonyl (C=O) groups excluding carboxylic acids is 2. The molecule has 0 radical (unpaired) electrons. The first kappa shape index (κ1) is 8.99. The number of ether oxygens (including phenoxy) is 1. The molecule has 1 atom stereocenters. The Kier molecular flexibility index (Phi) is 2.32. The predicted octanol–water partition coefficient (Wildman–Crippen LogP) is -1.20. The van der Waals surface area contributed by atoms with Gasteiger partial charge in [0.15, 0.2) is 0 Å². The van der Waals surface area contributed by atoms with Crippen molar-refractivity contribution in [3.8, 4) is 0 Å². The first-order valence-electron chi connectivity index (χ1n) is 3.67. The molecule has 1 amide bonds. The van der Waals surface area contributed by atoms with E-state index in [-0.39, 0.29) is 0 Å². The minimum atomic E-state index is -0.945. The number of cyclic esters (lactones) is 1. The highest BCUT2D eigenvalue weighted by atomic mass is 16.5. The van der Waals surface area contributed by atoms with Gasteiger partial charge >= 0.3 is 5.97 Å². The maximum atomic E-state index is 11.0. The van der Waals surface area contributed by atoms with Gasteiger partial charge in [-0.2, -0.15) is 0 Å². The third-order valence-electron chi connectivity index (χ3n) is 1.84. The number of hydrogen-bond donors (Lipinski definition) is 2. The maximum absolute atomic E-state index is 11.0. The summed E-state index contributed by atoms with van der Waals surface area (Å²) in [6, 6.07) is 0. The molecule has 0 aliphatic carbocycles. The van der Waals surface area contributed by atoms with Gasteiger partial charge in [-0.15, -0.1) is 0 Å². The molecule has 0 spiro atoms. The molecular weight excluding hydrogens is 162 g/mol. The zero-order chi connectivity index (χ0) is 9.19. The monoisotopic (exact) mass is 173 g/mol. The highest BCUT2D eigenvalue weighted by Gasteiger charge is 2.40. The van der Waals surface area contributed by atoms with E-state index in [4.69, 9.17) is 5.11 Å². The molecule has 0 saturated carbocycles. The highest BCUT2D eigenvalue weighted by molar-refractivity contribution is 5.89. The fourth-order valence-electron chi connectivity index (χ4n) is 1.07. The normalized spacial score (nSPS) is 28.3. The minimum Gasteiger partial charge on any atom is -0.464 e. The smallest absolute Gasteiger partial charge is 0.331 e. The highest BCUT2D eigenvalue weighted by Crippen LogP contribution is 2.18. The average Bonchev–Trinajstić information content (AvgIpc) is 2.32. The number of rotatable bonds is 2. The van der Waals surface area contributed by atoms with E-state index in [1.54, 1.807) is 6.92 Å². The number of aliphatic hydroxyl groups excluding tert-OH is 1. The van der Waals surface area contributed by atoms with Crippen molar-refractivity contribution in [1.82, 2.24) is 5.32 Å². The van der Waals surface area contributed by atoms with Crippen LogP contribution in [-0.2, 0) is 14.3 Å². The van der Waals surface area contributed by atoms with Crippen LogP contribution in [0.3, 0.4) is 0 Å². The Bertz CT molecular complexity index is 215. The van der Waals surface area contributed by atoms with Gasteiger partial charge in [-0.3, -0.25) is 4.79 Å². The predicted molar refractivity (Wildman–Crippen MR) is 39.2 cm³/mol. The summed E-state index contributed by atoms with van der Waals surface area (Å²) < 4.78 is 4.68. The molecule has 1 fully saturated rings. The number of esters is 1. The van der Waals surface area contributed by atoms with Crippen molar-refractivity contribution in [3.05, 3.63) is 0 Å². The van der Waals surface area contributed by atoms with E-state index in [1.807, 2.05) is 0 Å². The number of nitrogens with one attached hydrogen (secondary N) is 1. The Hall–Kier alpha value is -1.10. The topological polar surface area (TPSA) is 75.6 Å². The van der Waals surface area contributed by atoms with Crippen molar-refractivity contribution in [2.24, 2.45) is 0 Å². The van der Waals surface area contributed by atoms with E-state index in [9.17, 15) is 9.59 Å². The average molecular weight is 173 g/mol. The summed E-state index contributed by atoms with van der Waals surface area (Å²) in [7, 11) is 0. The molecule has 12 heavy (non-hydrogen) atoms. The molecule has 1 aliphatic rings. The molecule has 0 bridgehead atoms. The Balaban J connectivity index is 2.59. The second-order valence-corrected chi connectivity index (χ2v) is 2.92. The van der Waals surface area contributed by atoms with Gasteiger partial charge in [-0.25, -0.2) is 4.79 Å². The van der Waals surface area contributed by atoms with E-state index in [2.05, 4.69) is 10.1 Å². The summed E-state index contributed by atoms with van der Waals surface area (Å²) in [5.41, 5.74) is -0.945. The number of amides is 1. The molecule has 0 aromatic carbocycles. The van der Waals surface area contributed by atoms with Crippen molar-refractivity contribution >= 4 is 11.9 Å². The van der Waals surface area contributed by atoms with Gasteiger partial charge in [0.05, 0.1) is 6.61 Å². The zero-order valence-corrected chi connectivity index (χ0v) is 6.79. The first-order valence-corrected chi connectivity index (χ1v) is 3.67. The van der Waals surface area contributed by atoms with Crippen LogP contribution in [0.1, 0.15) is 13.3 Å². The molecule has 1 aliphatic heterocycles. The molecule has 0 aromatic heterocycles. The lowest BCUT2D eigenvalue weighted by molar-refractivity contribution is -0.145. The van der Waals surface area contributed by atoms with Crippen molar-refractivity contribution in [1.29, 1.82) is 0 Å². The molecule has 1 rings (SSSR count). The van der Waals surface area contributed by atoms with Crippen LogP contribution in [0, 0.1) is 0 Å². The van der Waals surface area contributed by atoms with Crippen LogP contribution in [0.2, 0.25) is 0 Å². The molecule has 1 unspecified atom stereocenters. The van der Waals surface area contributed by atoms with Gasteiger partial charge in [-0.1, -0.05) is 0 Å². The number of carbonyl (C=O) groups is 2. The van der Waals surface area contributed by atoms with Gasteiger partial charge in [0, 0.05) is 6.42 Å². The number of hydrogen-bond acceptors (Lipinski definition) is 4. The Morgan fingerprint density at radius 2 is 2.50 bits per heavy atom. The Morgan fingerprint density at radius 3 is 2.92 bits per heavy atom. The molecule has 1 heterocycles. The van der Waals surface area contributed by atoms with Crippen molar-refractivity contribution in [2.45, 2.75) is 18.9 Å². The van der Waals surface area contributed by atoms with E-state index in [1.165, 1.54) is 0 Å². The van der Waals surface area contributed by atoms with Crippen LogP contribution in [0.5, 0.6) is 0 Å². The Labute approximate surface area is 69.7 Å². The maximum Gasteiger partial charge on any atom is 0.331 e. The van der Waals surface area contributed by atoms with Gasteiger partial charge in [0.25, 0.3) is 0 Å². The van der Waals surface area contributed by atoms with E-state index in [0.29, 0.717) is 13.0 Å². The van der Waals surface area contributed by atoms with Crippen LogP contribution in [0.15, 0.2) is 0 Å². The summed E-state index contributed by atoms with van der Waals surface area (Å²) in [6.45, 7) is 1.29. The van der Waals surface area contributed by atoms with E-state index >= 15 is 0 Å². The van der Waals surface area contributed by atoms with Crippen LogP contribution in [-0.4, -0.2) is 35.7 Å². The molecule has 2 N–H and O–H groups in total. The molecule has 5 heteroatoms. The zero-order valence-electron chi connectivity index (χ0n) is 6.79. The van der Waals surface area contributed by atoms with Crippen LogP contribution < -0.4 is 5.32 Å². The summed E-state index contributed by atoms with van der Waals surface area (Å²) in [6.07, 6.45) is 0.456. The van der Waals surface area contributed by atoms with Gasteiger partial charge in [0.2, 0.25) is 5.91 Å².